The Morgan fingerprint density at radius 1 is 0.324 bits per heavy atom. The van der Waals surface area contributed by atoms with Gasteiger partial charge in [0.15, 0.2) is 0 Å². The summed E-state index contributed by atoms with van der Waals surface area (Å²) in [6, 6.07) is 0. The molecule has 16 heteroatoms. The van der Waals surface area contributed by atoms with Crippen molar-refractivity contribution in [3.8, 4) is 0 Å². The summed E-state index contributed by atoms with van der Waals surface area (Å²) < 4.78 is 82.8. The highest BCUT2D eigenvalue weighted by Gasteiger charge is 2.65. The topological polar surface area (TPSA) is 111 Å². The average Bonchev–Trinajstić information content (AvgIpc) is 3.33. The van der Waals surface area contributed by atoms with Gasteiger partial charge in [-0.2, -0.15) is 0 Å². The van der Waals surface area contributed by atoms with Gasteiger partial charge in [-0.15, -0.1) is 6.58 Å². The Balaban J connectivity index is 0. The van der Waals surface area contributed by atoms with Crippen LogP contribution in [0.3, 0.4) is 0 Å². The van der Waals surface area contributed by atoms with Gasteiger partial charge in [-0.05, 0) is 133 Å². The van der Waals surface area contributed by atoms with Crippen LogP contribution >= 0.6 is 0 Å². The zero-order valence-corrected chi connectivity index (χ0v) is 55.4. The second-order valence-corrected chi connectivity index (χ2v) is 27.3. The maximum Gasteiger partial charge on any atom is 0.684 e. The molecule has 428 valence electrons. The van der Waals surface area contributed by atoms with E-state index in [1.807, 2.05) is 131 Å². The fourth-order valence-electron chi connectivity index (χ4n) is 6.66. The SMILES string of the molecule is C=CCCCCCCCCCCCCCCCC.CCC(C)O[Si](OC(C)CC)(OC(C)CC)OC([SiH3])(O[Si](OC(C)CC)(OC(C)CC)OC(C)CC)O[Si](OC(C)CC)(OC(C)CC)OC(C)CC. The van der Waals surface area contributed by atoms with Crippen molar-refractivity contribution in [1.29, 1.82) is 0 Å². The Morgan fingerprint density at radius 3 is 0.648 bits per heavy atom. The third kappa shape index (κ3) is 35.2. The Labute approximate surface area is 447 Å². The molecule has 71 heavy (non-hydrogen) atoms. The van der Waals surface area contributed by atoms with Crippen LogP contribution in [0.4, 0.5) is 0 Å². The van der Waals surface area contributed by atoms with E-state index in [1.165, 1.54) is 96.3 Å². The first kappa shape index (κ1) is 73.2. The highest BCUT2D eigenvalue weighted by Crippen LogP contribution is 2.37. The first-order chi connectivity index (χ1) is 33.6. The van der Waals surface area contributed by atoms with Gasteiger partial charge in [0.25, 0.3) is 0 Å². The van der Waals surface area contributed by atoms with E-state index in [4.69, 9.17) is 53.1 Å². The summed E-state index contributed by atoms with van der Waals surface area (Å²) >= 11 is 0. The minimum absolute atomic E-state index is 0.0459. The van der Waals surface area contributed by atoms with Gasteiger partial charge in [0.2, 0.25) is 5.60 Å². The maximum atomic E-state index is 7.22. The first-order valence-electron chi connectivity index (χ1n) is 29.4. The molecule has 0 saturated heterocycles. The van der Waals surface area contributed by atoms with Crippen molar-refractivity contribution in [3.63, 3.8) is 0 Å². The second kappa shape index (κ2) is 43.1. The van der Waals surface area contributed by atoms with Crippen LogP contribution in [0.15, 0.2) is 12.7 Å². The summed E-state index contributed by atoms with van der Waals surface area (Å²) in [5, 5.41) is 0. The predicted molar refractivity (Wildman–Crippen MR) is 306 cm³/mol. The van der Waals surface area contributed by atoms with Gasteiger partial charge in [0.05, 0.1) is 0 Å². The van der Waals surface area contributed by atoms with E-state index in [1.54, 1.807) is 0 Å². The highest BCUT2D eigenvalue weighted by atomic mass is 28.4. The van der Waals surface area contributed by atoms with Crippen LogP contribution in [0, 0.1) is 0 Å². The fraction of sp³-hybridized carbons (Fsp3) is 0.964. The lowest BCUT2D eigenvalue weighted by Gasteiger charge is -2.47. The largest absolute Gasteiger partial charge is 0.684 e. The third-order valence-corrected chi connectivity index (χ3v) is 22.9. The molecular weight excluding hydrogens is 965 g/mol. The minimum Gasteiger partial charge on any atom is -0.348 e. The van der Waals surface area contributed by atoms with Gasteiger partial charge in [0.1, 0.15) is 10.2 Å². The standard InChI is InChI=1S/C37H84O12Si4.C18H36/c1-19-28(10)38-51(39-29(11)20-2,40-30(12)21-3)47-37(50,48-52(41-31(13)22-4,42-32(14)23-5)43-33(15)24-6)49-53(44-34(16)25-7,45-35(17)26-8)46-36(18)27-9;1-3-5-7-9-11-13-15-17-18-16-14-12-10-8-6-4-2/h28-36H,19-27H2,1-18,50H3;3H,1,4-18H2,2H3. The zero-order chi connectivity index (χ0) is 54.4. The Morgan fingerprint density at radius 2 is 0.493 bits per heavy atom. The van der Waals surface area contributed by atoms with Gasteiger partial charge in [0, 0.05) is 54.9 Å². The summed E-state index contributed by atoms with van der Waals surface area (Å²) in [5.41, 5.74) is -1.98. The van der Waals surface area contributed by atoms with E-state index in [-0.39, 0.29) is 65.2 Å². The van der Waals surface area contributed by atoms with E-state index < -0.39 is 32.7 Å². The van der Waals surface area contributed by atoms with Crippen LogP contribution in [0.5, 0.6) is 0 Å². The molecule has 0 aliphatic heterocycles. The molecule has 0 aliphatic carbocycles. The third-order valence-electron chi connectivity index (χ3n) is 13.0. The van der Waals surface area contributed by atoms with E-state index in [0.717, 1.165) is 0 Å². The molecule has 9 atom stereocenters. The Bertz CT molecular complexity index is 1020. The van der Waals surface area contributed by atoms with E-state index in [9.17, 15) is 0 Å². The summed E-state index contributed by atoms with van der Waals surface area (Å²) in [7, 11) is -12.5. The fourth-order valence-corrected chi connectivity index (χ4v) is 17.6. The summed E-state index contributed by atoms with van der Waals surface area (Å²) in [5.74, 6) is 0. The summed E-state index contributed by atoms with van der Waals surface area (Å²) in [6.07, 6.45) is 27.1. The quantitative estimate of drug-likeness (QED) is 0.0250. The van der Waals surface area contributed by atoms with Crippen molar-refractivity contribution >= 4 is 37.4 Å². The minimum atomic E-state index is -4.18. The van der Waals surface area contributed by atoms with Crippen molar-refractivity contribution in [2.75, 3.05) is 0 Å². The first-order valence-corrected chi connectivity index (χ1v) is 35.3. The molecular formula is C55H120O12Si4. The van der Waals surface area contributed by atoms with E-state index in [0.29, 0.717) is 57.8 Å². The number of hydrogen-bond acceptors (Lipinski definition) is 12. The van der Waals surface area contributed by atoms with Crippen molar-refractivity contribution in [1.82, 2.24) is 0 Å². The average molecular weight is 1090 g/mol. The molecule has 0 N–H and O–H groups in total. The number of allylic oxidation sites excluding steroid dienone is 1. The van der Waals surface area contributed by atoms with Crippen LogP contribution in [0.25, 0.3) is 0 Å². The molecule has 0 heterocycles. The van der Waals surface area contributed by atoms with Gasteiger partial charge in [-0.25, -0.2) is 0 Å². The number of hydrogen-bond donors (Lipinski definition) is 0. The summed E-state index contributed by atoms with van der Waals surface area (Å²) in [6.45, 7) is 42.3. The predicted octanol–water partition coefficient (Wildman–Crippen LogP) is 15.7. The van der Waals surface area contributed by atoms with Crippen LogP contribution in [-0.4, -0.2) is 97.9 Å². The Kier molecular flexibility index (Phi) is 44.5. The monoisotopic (exact) mass is 1080 g/mol. The molecule has 9 unspecified atom stereocenters. The van der Waals surface area contributed by atoms with Crippen molar-refractivity contribution < 1.29 is 53.1 Å². The molecule has 0 fully saturated rings. The molecule has 0 aromatic rings. The number of unbranched alkanes of at least 4 members (excludes halogenated alkanes) is 14. The number of rotatable bonds is 48. The summed E-state index contributed by atoms with van der Waals surface area (Å²) in [4.78, 5) is 0. The van der Waals surface area contributed by atoms with Crippen molar-refractivity contribution in [2.45, 2.75) is 346 Å². The lowest BCUT2D eigenvalue weighted by Crippen LogP contribution is -2.69. The van der Waals surface area contributed by atoms with E-state index >= 15 is 0 Å². The molecule has 12 nitrogen and oxygen atoms in total. The molecule has 0 rings (SSSR count). The molecule has 0 aromatic carbocycles. The van der Waals surface area contributed by atoms with Gasteiger partial charge >= 0.3 is 27.1 Å². The van der Waals surface area contributed by atoms with E-state index in [2.05, 4.69) is 13.5 Å². The Hall–Kier alpha value is 0.128. The molecule has 0 aliphatic rings. The molecule has 0 saturated carbocycles. The molecule has 0 aromatic heterocycles. The molecule has 0 spiro atoms. The zero-order valence-electron chi connectivity index (χ0n) is 50.4. The van der Waals surface area contributed by atoms with Crippen LogP contribution in [0.2, 0.25) is 0 Å². The second-order valence-electron chi connectivity index (χ2n) is 20.4. The normalized spacial score (nSPS) is 19.4. The highest BCUT2D eigenvalue weighted by molar-refractivity contribution is 6.57. The van der Waals surface area contributed by atoms with Crippen LogP contribution in [-0.2, 0) is 53.1 Å². The maximum absolute atomic E-state index is 7.22. The molecule has 0 bridgehead atoms. The van der Waals surface area contributed by atoms with Gasteiger partial charge in [-0.1, -0.05) is 159 Å². The smallest absolute Gasteiger partial charge is 0.348 e. The van der Waals surface area contributed by atoms with Crippen LogP contribution < -0.4 is 0 Å². The van der Waals surface area contributed by atoms with Crippen molar-refractivity contribution in [3.05, 3.63) is 12.7 Å². The van der Waals surface area contributed by atoms with Crippen LogP contribution in [0.1, 0.15) is 286 Å². The van der Waals surface area contributed by atoms with Crippen molar-refractivity contribution in [2.24, 2.45) is 0 Å². The lowest BCUT2D eigenvalue weighted by atomic mass is 10.0. The lowest BCUT2D eigenvalue weighted by molar-refractivity contribution is -0.301. The van der Waals surface area contributed by atoms with Gasteiger partial charge in [-0.3, -0.25) is 0 Å². The molecule has 0 amide bonds. The molecule has 0 radical (unpaired) electrons. The van der Waals surface area contributed by atoms with Gasteiger partial charge < -0.3 is 53.1 Å².